The first kappa shape index (κ1) is 58.0. The van der Waals surface area contributed by atoms with Crippen molar-refractivity contribution >= 4 is 57.8 Å². The summed E-state index contributed by atoms with van der Waals surface area (Å²) in [6.45, 7) is 12.5. The number of ether oxygens (including phenoxy) is 6. The standard InChI is InChI=1S/C49H76INO14/c1-11-12-13-14-15-18-31(2)25-34(5)43(54)45(61-9)44(55)35(6)26-32(3)38(52)29-40(65-48(58)37-19-16-17-22-51(37)47(57)46(56)49(7,59)62-10)33(4)27-36-20-21-39(41(28-36)60-8)63-23-24-64-42(53)30-50/h11-15,18,26,31-34,36-37,39-41,44-45,55,59H,16-17,19-25,27-30H2,1-10H3/b12-11-,14-13+,18-15+,35-26+/t31-,32-,33-,34-,36+,37+,39-,40+,41-,44-,45+,49-/m1/s1. The van der Waals surface area contributed by atoms with Crippen LogP contribution in [0.25, 0.3) is 0 Å². The second-order valence-corrected chi connectivity index (χ2v) is 18.5. The number of aliphatic hydroxyl groups excluding tert-OH is 1. The van der Waals surface area contributed by atoms with Crippen molar-refractivity contribution in [1.82, 2.24) is 4.90 Å². The summed E-state index contributed by atoms with van der Waals surface area (Å²) in [5.41, 5.74) is 0.377. The van der Waals surface area contributed by atoms with Gasteiger partial charge in [-0.2, -0.15) is 0 Å². The number of carbonyl (C=O) groups excluding carboxylic acids is 6. The molecule has 0 aromatic heterocycles. The zero-order chi connectivity index (χ0) is 48.9. The van der Waals surface area contributed by atoms with Crippen molar-refractivity contribution in [2.45, 2.75) is 149 Å². The summed E-state index contributed by atoms with van der Waals surface area (Å²) in [7, 11) is 4.08. The molecule has 368 valence electrons. The molecule has 65 heavy (non-hydrogen) atoms. The number of likely N-dealkylation sites (tertiary alicyclic amines) is 1. The van der Waals surface area contributed by atoms with Crippen LogP contribution in [-0.4, -0.2) is 138 Å². The van der Waals surface area contributed by atoms with Crippen molar-refractivity contribution in [3.63, 3.8) is 0 Å². The average molecular weight is 1030 g/mol. The van der Waals surface area contributed by atoms with E-state index in [4.69, 9.17) is 28.4 Å². The molecular formula is C49H76INO14. The number of alkyl halides is 1. The lowest BCUT2D eigenvalue weighted by Crippen LogP contribution is -2.56. The summed E-state index contributed by atoms with van der Waals surface area (Å²) in [5.74, 6) is -7.59. The molecule has 1 amide bonds. The van der Waals surface area contributed by atoms with E-state index in [2.05, 4.69) is 0 Å². The van der Waals surface area contributed by atoms with E-state index in [9.17, 15) is 39.0 Å². The van der Waals surface area contributed by atoms with Crippen molar-refractivity contribution in [2.24, 2.45) is 29.6 Å². The molecule has 2 fully saturated rings. The molecule has 12 atom stereocenters. The lowest BCUT2D eigenvalue weighted by molar-refractivity contribution is -0.193. The van der Waals surface area contributed by atoms with E-state index in [-0.39, 0.29) is 84.5 Å². The van der Waals surface area contributed by atoms with Gasteiger partial charge in [-0.3, -0.25) is 24.0 Å². The van der Waals surface area contributed by atoms with Gasteiger partial charge < -0.3 is 43.5 Å². The molecule has 0 radical (unpaired) electrons. The second kappa shape index (κ2) is 29.6. The maximum atomic E-state index is 14.1. The molecular weight excluding hydrogens is 953 g/mol. The number of amides is 1. The normalized spacial score (nSPS) is 23.9. The van der Waals surface area contributed by atoms with E-state index < -0.39 is 59.6 Å². The minimum Gasteiger partial charge on any atom is -0.463 e. The number of Topliss-reactive ketones (excluding diaryl/α,β-unsaturated/α-hetero) is 3. The summed E-state index contributed by atoms with van der Waals surface area (Å²) in [6.07, 6.45) is 13.7. The van der Waals surface area contributed by atoms with Crippen molar-refractivity contribution in [2.75, 3.05) is 45.5 Å². The number of nitrogens with zero attached hydrogens (tertiary/aromatic N) is 1. The van der Waals surface area contributed by atoms with Gasteiger partial charge in [0.05, 0.1) is 23.2 Å². The number of allylic oxidation sites excluding steroid dienone is 7. The third-order valence-corrected chi connectivity index (χ3v) is 13.1. The van der Waals surface area contributed by atoms with Crippen LogP contribution < -0.4 is 0 Å². The summed E-state index contributed by atoms with van der Waals surface area (Å²) in [4.78, 5) is 80.7. The van der Waals surface area contributed by atoms with Gasteiger partial charge in [0.1, 0.15) is 36.7 Å². The van der Waals surface area contributed by atoms with Crippen LogP contribution in [0, 0.1) is 29.6 Å². The van der Waals surface area contributed by atoms with Gasteiger partial charge in [0, 0.05) is 46.1 Å². The van der Waals surface area contributed by atoms with Crippen LogP contribution in [0.3, 0.4) is 0 Å². The number of methoxy groups -OCH3 is 3. The maximum Gasteiger partial charge on any atom is 0.329 e. The Morgan fingerprint density at radius 3 is 2.25 bits per heavy atom. The van der Waals surface area contributed by atoms with Crippen LogP contribution in [0.2, 0.25) is 0 Å². The fraction of sp³-hybridized carbons (Fsp3) is 0.714. The second-order valence-electron chi connectivity index (χ2n) is 17.7. The first-order chi connectivity index (χ1) is 30.8. The molecule has 0 spiro atoms. The Morgan fingerprint density at radius 2 is 1.62 bits per heavy atom. The number of aliphatic hydroxyl groups is 2. The van der Waals surface area contributed by atoms with Gasteiger partial charge in [-0.25, -0.2) is 4.79 Å². The number of rotatable bonds is 28. The highest BCUT2D eigenvalue weighted by atomic mass is 127. The molecule has 1 saturated heterocycles. The predicted molar refractivity (Wildman–Crippen MR) is 254 cm³/mol. The quantitative estimate of drug-likeness (QED) is 0.0130. The average Bonchev–Trinajstić information content (AvgIpc) is 3.29. The van der Waals surface area contributed by atoms with Gasteiger partial charge in [-0.15, -0.1) is 0 Å². The van der Waals surface area contributed by atoms with Crippen LogP contribution in [0.15, 0.2) is 48.1 Å². The van der Waals surface area contributed by atoms with Crippen LogP contribution in [-0.2, 0) is 57.2 Å². The van der Waals surface area contributed by atoms with Crippen LogP contribution >= 0.6 is 22.6 Å². The first-order valence-electron chi connectivity index (χ1n) is 22.9. The maximum absolute atomic E-state index is 14.1. The van der Waals surface area contributed by atoms with E-state index >= 15 is 0 Å². The molecule has 0 aromatic rings. The van der Waals surface area contributed by atoms with E-state index in [1.807, 2.05) is 86.7 Å². The van der Waals surface area contributed by atoms with Gasteiger partial charge >= 0.3 is 11.9 Å². The number of piperidine rings is 1. The van der Waals surface area contributed by atoms with Crippen molar-refractivity contribution in [3.8, 4) is 0 Å². The molecule has 1 saturated carbocycles. The molecule has 1 aliphatic heterocycles. The Hall–Kier alpha value is -3.13. The Kier molecular flexibility index (Phi) is 26.4. The van der Waals surface area contributed by atoms with Crippen LogP contribution in [0.1, 0.15) is 106 Å². The van der Waals surface area contributed by atoms with Crippen molar-refractivity contribution in [1.29, 1.82) is 0 Å². The molecule has 1 aliphatic carbocycles. The molecule has 15 nitrogen and oxygen atoms in total. The monoisotopic (exact) mass is 1030 g/mol. The number of ketones is 3. The van der Waals surface area contributed by atoms with Gasteiger partial charge in [0.2, 0.25) is 5.79 Å². The molecule has 0 unspecified atom stereocenters. The third kappa shape index (κ3) is 18.8. The Balaban J connectivity index is 2.30. The van der Waals surface area contributed by atoms with Gasteiger partial charge in [0.15, 0.2) is 5.78 Å². The molecule has 16 heteroatoms. The third-order valence-electron chi connectivity index (χ3n) is 12.5. The van der Waals surface area contributed by atoms with Gasteiger partial charge in [-0.1, -0.05) is 92.8 Å². The molecule has 2 rings (SSSR count). The van der Waals surface area contributed by atoms with Crippen LogP contribution in [0.5, 0.6) is 0 Å². The molecule has 0 bridgehead atoms. The largest absolute Gasteiger partial charge is 0.463 e. The van der Waals surface area contributed by atoms with E-state index in [1.54, 1.807) is 27.0 Å². The zero-order valence-corrected chi connectivity index (χ0v) is 42.4. The summed E-state index contributed by atoms with van der Waals surface area (Å²) in [6, 6.07) is -1.13. The van der Waals surface area contributed by atoms with Gasteiger partial charge in [-0.05, 0) is 95.5 Å². The number of hydrogen-bond donors (Lipinski definition) is 2. The topological polar surface area (TPSA) is 201 Å². The SMILES string of the molecule is C\C=C/C=C/C=C/[C@@H](C)C[C@@H](C)C(=O)[C@H](OC)[C@H](O)/C(C)=C/[C@@H](C)C(=O)C[C@H](OC(=O)[C@@H]1CCCCN1C(=O)C(=O)[C@](C)(O)OC)[C@H](C)C[C@@H]1CC[C@@H](OCCOC(=O)CI)[C@H](OC)C1. The number of hydrogen-bond acceptors (Lipinski definition) is 14. The summed E-state index contributed by atoms with van der Waals surface area (Å²) >= 11 is 1.94. The van der Waals surface area contributed by atoms with E-state index in [0.29, 0.717) is 44.1 Å². The van der Waals surface area contributed by atoms with Crippen LogP contribution in [0.4, 0.5) is 0 Å². The first-order valence-corrected chi connectivity index (χ1v) is 24.4. The molecule has 2 N–H and O–H groups in total. The van der Waals surface area contributed by atoms with Crippen molar-refractivity contribution in [3.05, 3.63) is 48.1 Å². The Labute approximate surface area is 400 Å². The smallest absolute Gasteiger partial charge is 0.329 e. The zero-order valence-electron chi connectivity index (χ0n) is 40.2. The Morgan fingerprint density at radius 1 is 0.923 bits per heavy atom. The highest BCUT2D eigenvalue weighted by Gasteiger charge is 2.44. The highest BCUT2D eigenvalue weighted by Crippen LogP contribution is 2.35. The molecule has 0 aromatic carbocycles. The summed E-state index contributed by atoms with van der Waals surface area (Å²) in [5, 5.41) is 21.8. The Bertz CT molecular complexity index is 1670. The lowest BCUT2D eigenvalue weighted by Gasteiger charge is -2.38. The summed E-state index contributed by atoms with van der Waals surface area (Å²) < 4.78 is 33.8. The predicted octanol–water partition coefficient (Wildman–Crippen LogP) is 6.25. The molecule has 1 heterocycles. The molecule has 2 aliphatic rings. The van der Waals surface area contributed by atoms with E-state index in [1.165, 1.54) is 7.11 Å². The number of halogens is 1. The minimum absolute atomic E-state index is 0.0890. The number of carbonyl (C=O) groups is 6. The number of esters is 2. The van der Waals surface area contributed by atoms with E-state index in [0.717, 1.165) is 25.4 Å². The lowest BCUT2D eigenvalue weighted by atomic mass is 9.78. The highest BCUT2D eigenvalue weighted by molar-refractivity contribution is 14.1. The van der Waals surface area contributed by atoms with Gasteiger partial charge in [0.25, 0.3) is 11.7 Å². The fourth-order valence-corrected chi connectivity index (χ4v) is 8.69. The fourth-order valence-electron chi connectivity index (χ4n) is 8.47. The minimum atomic E-state index is -2.39. The van der Waals surface area contributed by atoms with Crippen molar-refractivity contribution < 1.29 is 67.4 Å².